The van der Waals surface area contributed by atoms with E-state index in [9.17, 15) is 9.18 Å². The molecular formula is C16H23BFNO3. The summed E-state index contributed by atoms with van der Waals surface area (Å²) in [5.41, 5.74) is -0.249. The number of hydrogen-bond donors (Lipinski definition) is 1. The molecule has 120 valence electrons. The zero-order valence-electron chi connectivity index (χ0n) is 14.0. The van der Waals surface area contributed by atoms with Crippen LogP contribution in [0.15, 0.2) is 18.2 Å². The predicted molar refractivity (Wildman–Crippen MR) is 84.7 cm³/mol. The second-order valence-electron chi connectivity index (χ2n) is 6.95. The highest BCUT2D eigenvalue weighted by molar-refractivity contribution is 6.63. The zero-order valence-corrected chi connectivity index (χ0v) is 14.0. The molecule has 0 unspecified atom stereocenters. The summed E-state index contributed by atoms with van der Waals surface area (Å²) in [7, 11) is -0.696. The number of carbonyl (C=O) groups excluding carboxylic acids is 1. The number of benzene rings is 1. The number of halogens is 1. The van der Waals surface area contributed by atoms with Gasteiger partial charge in [-0.15, -0.1) is 0 Å². The number of amides is 1. The lowest BCUT2D eigenvalue weighted by Gasteiger charge is -2.32. The van der Waals surface area contributed by atoms with Crippen LogP contribution in [0, 0.1) is 5.82 Å². The van der Waals surface area contributed by atoms with Gasteiger partial charge in [-0.25, -0.2) is 4.39 Å². The van der Waals surface area contributed by atoms with Gasteiger partial charge in [0.15, 0.2) is 0 Å². The molecule has 0 atom stereocenters. The van der Waals surface area contributed by atoms with Gasteiger partial charge in [0, 0.05) is 11.6 Å². The Labute approximate surface area is 131 Å². The molecule has 1 aromatic rings. The summed E-state index contributed by atoms with van der Waals surface area (Å²) < 4.78 is 25.5. The molecule has 1 aliphatic heterocycles. The minimum atomic E-state index is -0.696. The van der Waals surface area contributed by atoms with Crippen LogP contribution < -0.4 is 10.8 Å². The standard InChI is InChI=1S/C16H23BFNO3/c1-10(2)19-14(20)12-9-11(18)7-8-13(12)17-21-15(3,4)16(5,6)22-17/h7-10H,1-6H3,(H,19,20). The topological polar surface area (TPSA) is 47.6 Å². The number of carbonyl (C=O) groups is 1. The number of nitrogens with one attached hydrogen (secondary N) is 1. The maximum Gasteiger partial charge on any atom is 0.495 e. The lowest BCUT2D eigenvalue weighted by Crippen LogP contribution is -2.41. The largest absolute Gasteiger partial charge is 0.495 e. The van der Waals surface area contributed by atoms with Crippen LogP contribution in [0.4, 0.5) is 4.39 Å². The second kappa shape index (κ2) is 5.67. The molecule has 1 amide bonds. The van der Waals surface area contributed by atoms with Crippen molar-refractivity contribution in [1.29, 1.82) is 0 Å². The monoisotopic (exact) mass is 307 g/mol. The molecule has 0 spiro atoms. The van der Waals surface area contributed by atoms with Crippen molar-refractivity contribution in [3.8, 4) is 0 Å². The average Bonchev–Trinajstić information content (AvgIpc) is 2.57. The van der Waals surface area contributed by atoms with Crippen LogP contribution in [0.1, 0.15) is 51.9 Å². The fourth-order valence-corrected chi connectivity index (χ4v) is 2.24. The first-order chi connectivity index (χ1) is 10.0. The summed E-state index contributed by atoms with van der Waals surface area (Å²) in [5, 5.41) is 2.77. The van der Waals surface area contributed by atoms with Crippen molar-refractivity contribution in [2.45, 2.75) is 58.8 Å². The summed E-state index contributed by atoms with van der Waals surface area (Å²) in [6.07, 6.45) is 0. The van der Waals surface area contributed by atoms with E-state index in [4.69, 9.17) is 9.31 Å². The molecule has 1 saturated heterocycles. The Morgan fingerprint density at radius 2 is 1.73 bits per heavy atom. The van der Waals surface area contributed by atoms with Gasteiger partial charge < -0.3 is 14.6 Å². The summed E-state index contributed by atoms with van der Waals surface area (Å²) >= 11 is 0. The zero-order chi connectivity index (χ0) is 16.7. The third kappa shape index (κ3) is 3.18. The predicted octanol–water partition coefficient (Wildman–Crippen LogP) is 2.26. The Morgan fingerprint density at radius 1 is 1.18 bits per heavy atom. The lowest BCUT2D eigenvalue weighted by atomic mass is 9.75. The van der Waals surface area contributed by atoms with E-state index in [-0.39, 0.29) is 17.5 Å². The van der Waals surface area contributed by atoms with Gasteiger partial charge in [-0.1, -0.05) is 6.07 Å². The molecule has 1 fully saturated rings. The quantitative estimate of drug-likeness (QED) is 0.872. The smallest absolute Gasteiger partial charge is 0.399 e. The van der Waals surface area contributed by atoms with Crippen LogP contribution in [0.2, 0.25) is 0 Å². The van der Waals surface area contributed by atoms with Gasteiger partial charge in [-0.3, -0.25) is 4.79 Å². The molecule has 6 heteroatoms. The molecule has 22 heavy (non-hydrogen) atoms. The Kier molecular flexibility index (Phi) is 4.37. The van der Waals surface area contributed by atoms with Crippen molar-refractivity contribution in [2.75, 3.05) is 0 Å². The van der Waals surface area contributed by atoms with Crippen LogP contribution >= 0.6 is 0 Å². The first kappa shape index (κ1) is 17.0. The van der Waals surface area contributed by atoms with Crippen LogP contribution in [-0.2, 0) is 9.31 Å². The average molecular weight is 307 g/mol. The van der Waals surface area contributed by atoms with Crippen LogP contribution in [0.25, 0.3) is 0 Å². The first-order valence-electron chi connectivity index (χ1n) is 7.49. The van der Waals surface area contributed by atoms with E-state index in [1.54, 1.807) is 6.07 Å². The molecule has 1 N–H and O–H groups in total. The number of rotatable bonds is 3. The second-order valence-corrected chi connectivity index (χ2v) is 6.95. The van der Waals surface area contributed by atoms with E-state index < -0.39 is 24.1 Å². The van der Waals surface area contributed by atoms with Crippen LogP contribution in [-0.4, -0.2) is 30.3 Å². The number of hydrogen-bond acceptors (Lipinski definition) is 3. The highest BCUT2D eigenvalue weighted by Crippen LogP contribution is 2.36. The Bertz CT molecular complexity index is 571. The highest BCUT2D eigenvalue weighted by Gasteiger charge is 2.52. The van der Waals surface area contributed by atoms with Gasteiger partial charge in [0.05, 0.1) is 11.2 Å². The molecule has 0 aromatic heterocycles. The van der Waals surface area contributed by atoms with Crippen molar-refractivity contribution in [2.24, 2.45) is 0 Å². The molecule has 2 rings (SSSR count). The van der Waals surface area contributed by atoms with Crippen molar-refractivity contribution < 1.29 is 18.5 Å². The van der Waals surface area contributed by atoms with E-state index in [2.05, 4.69) is 5.32 Å². The highest BCUT2D eigenvalue weighted by atomic mass is 19.1. The van der Waals surface area contributed by atoms with Gasteiger partial charge in [0.1, 0.15) is 5.82 Å². The molecule has 0 bridgehead atoms. The molecule has 0 radical (unpaired) electrons. The van der Waals surface area contributed by atoms with Gasteiger partial charge in [0.2, 0.25) is 0 Å². The molecule has 1 aromatic carbocycles. The molecule has 0 saturated carbocycles. The SMILES string of the molecule is CC(C)NC(=O)c1cc(F)ccc1B1OC(C)(C)C(C)(C)O1. The summed E-state index contributed by atoms with van der Waals surface area (Å²) in [4.78, 5) is 12.3. The van der Waals surface area contributed by atoms with E-state index in [1.807, 2.05) is 41.5 Å². The minimum absolute atomic E-state index is 0.0399. The minimum Gasteiger partial charge on any atom is -0.399 e. The van der Waals surface area contributed by atoms with E-state index >= 15 is 0 Å². The van der Waals surface area contributed by atoms with Crippen molar-refractivity contribution in [1.82, 2.24) is 5.32 Å². The van der Waals surface area contributed by atoms with Crippen molar-refractivity contribution in [3.05, 3.63) is 29.6 Å². The van der Waals surface area contributed by atoms with E-state index in [0.717, 1.165) is 0 Å². The summed E-state index contributed by atoms with van der Waals surface area (Å²) in [5.74, 6) is -0.798. The molecular weight excluding hydrogens is 284 g/mol. The molecule has 1 heterocycles. The van der Waals surface area contributed by atoms with Crippen molar-refractivity contribution >= 4 is 18.5 Å². The fraction of sp³-hybridized carbons (Fsp3) is 0.562. The Balaban J connectivity index is 2.38. The van der Waals surface area contributed by atoms with Crippen LogP contribution in [0.5, 0.6) is 0 Å². The Hall–Kier alpha value is -1.40. The van der Waals surface area contributed by atoms with E-state index in [1.165, 1.54) is 12.1 Å². The normalized spacial score (nSPS) is 19.5. The molecule has 0 aliphatic carbocycles. The van der Waals surface area contributed by atoms with E-state index in [0.29, 0.717) is 5.46 Å². The van der Waals surface area contributed by atoms with Gasteiger partial charge in [0.25, 0.3) is 5.91 Å². The fourth-order valence-electron chi connectivity index (χ4n) is 2.24. The van der Waals surface area contributed by atoms with Gasteiger partial charge in [-0.05, 0) is 59.1 Å². The Morgan fingerprint density at radius 3 is 2.23 bits per heavy atom. The third-order valence-electron chi connectivity index (χ3n) is 4.19. The van der Waals surface area contributed by atoms with Gasteiger partial charge in [-0.2, -0.15) is 0 Å². The summed E-state index contributed by atoms with van der Waals surface area (Å²) in [6.45, 7) is 11.4. The van der Waals surface area contributed by atoms with Crippen molar-refractivity contribution in [3.63, 3.8) is 0 Å². The molecule has 4 nitrogen and oxygen atoms in total. The van der Waals surface area contributed by atoms with Crippen LogP contribution in [0.3, 0.4) is 0 Å². The first-order valence-corrected chi connectivity index (χ1v) is 7.49. The third-order valence-corrected chi connectivity index (χ3v) is 4.19. The van der Waals surface area contributed by atoms with Gasteiger partial charge >= 0.3 is 7.12 Å². The summed E-state index contributed by atoms with van der Waals surface area (Å²) in [6, 6.07) is 4.04. The maximum absolute atomic E-state index is 13.6. The molecule has 1 aliphatic rings. The maximum atomic E-state index is 13.6. The lowest BCUT2D eigenvalue weighted by molar-refractivity contribution is 0.00578.